The Balaban J connectivity index is 0.00000272. The number of para-hydroxylation sites is 1. The zero-order chi connectivity index (χ0) is 20.9. The minimum Gasteiger partial charge on any atom is -0.356 e. The zero-order valence-electron chi connectivity index (χ0n) is 18.4. The predicted molar refractivity (Wildman–Crippen MR) is 141 cm³/mol. The average molecular weight is 553 g/mol. The number of nitrogens with zero attached hydrogens (tertiary/aromatic N) is 3. The number of hydrogen-bond donors (Lipinski definition) is 1. The lowest BCUT2D eigenvalue weighted by Crippen LogP contribution is -2.43. The van der Waals surface area contributed by atoms with Crippen molar-refractivity contribution in [3.8, 4) is 0 Å². The highest BCUT2D eigenvalue weighted by Gasteiger charge is 2.32. The van der Waals surface area contributed by atoms with E-state index in [2.05, 4.69) is 63.9 Å². The molecule has 1 amide bonds. The largest absolute Gasteiger partial charge is 0.356 e. The lowest BCUT2D eigenvalue weighted by molar-refractivity contribution is -0.127. The Hall–Kier alpha value is -1.61. The standard InChI is InChI=1S/C24H32N4OS.HI/c1-18(15-20-7-6-14-30-20)16-26-24(25-2)28-17-19(21-8-3-4-9-22(21)28)11-13-27-12-5-10-23(27)29;/h3-4,6-9,14,18-19H,5,10-13,15-17H2,1-2H3,(H,25,26);1H. The number of thiophene rings is 1. The van der Waals surface area contributed by atoms with Gasteiger partial charge in [-0.05, 0) is 48.3 Å². The van der Waals surface area contributed by atoms with Gasteiger partial charge in [-0.1, -0.05) is 31.2 Å². The van der Waals surface area contributed by atoms with Gasteiger partial charge in [-0.2, -0.15) is 0 Å². The molecule has 5 nitrogen and oxygen atoms in total. The third kappa shape index (κ3) is 5.80. The van der Waals surface area contributed by atoms with Gasteiger partial charge in [-0.15, -0.1) is 35.3 Å². The number of carbonyl (C=O) groups excluding carboxylic acids is 1. The van der Waals surface area contributed by atoms with Crippen LogP contribution >= 0.6 is 35.3 Å². The van der Waals surface area contributed by atoms with Crippen molar-refractivity contribution in [2.24, 2.45) is 10.9 Å². The molecule has 31 heavy (non-hydrogen) atoms. The van der Waals surface area contributed by atoms with E-state index in [1.54, 1.807) is 0 Å². The molecule has 4 rings (SSSR count). The van der Waals surface area contributed by atoms with Crippen LogP contribution in [-0.4, -0.2) is 50.0 Å². The zero-order valence-corrected chi connectivity index (χ0v) is 21.6. The van der Waals surface area contributed by atoms with E-state index in [-0.39, 0.29) is 24.0 Å². The summed E-state index contributed by atoms with van der Waals surface area (Å²) in [5.41, 5.74) is 2.62. The molecule has 2 aromatic rings. The fraction of sp³-hybridized carbons (Fsp3) is 0.500. The highest BCUT2D eigenvalue weighted by molar-refractivity contribution is 14.0. The van der Waals surface area contributed by atoms with Crippen molar-refractivity contribution in [1.82, 2.24) is 10.2 Å². The molecule has 0 spiro atoms. The molecule has 2 atom stereocenters. The van der Waals surface area contributed by atoms with Crippen LogP contribution in [0.2, 0.25) is 0 Å². The van der Waals surface area contributed by atoms with E-state index in [9.17, 15) is 4.79 Å². The summed E-state index contributed by atoms with van der Waals surface area (Å²) in [4.78, 5) is 22.4. The van der Waals surface area contributed by atoms with Gasteiger partial charge in [-0.25, -0.2) is 0 Å². The van der Waals surface area contributed by atoms with Crippen LogP contribution in [0.25, 0.3) is 0 Å². The molecule has 1 fully saturated rings. The molecule has 1 aromatic carbocycles. The second-order valence-corrected chi connectivity index (χ2v) is 9.49. The number of aliphatic imine (C=N–C) groups is 1. The van der Waals surface area contributed by atoms with Gasteiger partial charge in [0.05, 0.1) is 0 Å². The molecular formula is C24H33IN4OS. The van der Waals surface area contributed by atoms with Crippen LogP contribution in [0.15, 0.2) is 46.8 Å². The van der Waals surface area contributed by atoms with Crippen molar-refractivity contribution in [2.45, 2.75) is 38.5 Å². The monoisotopic (exact) mass is 552 g/mol. The van der Waals surface area contributed by atoms with E-state index in [1.165, 1.54) is 16.1 Å². The number of halogens is 1. The Morgan fingerprint density at radius 2 is 2.13 bits per heavy atom. The number of anilines is 1. The summed E-state index contributed by atoms with van der Waals surface area (Å²) in [6.45, 7) is 5.88. The molecule has 1 aromatic heterocycles. The van der Waals surface area contributed by atoms with Crippen LogP contribution in [0.4, 0.5) is 5.69 Å². The minimum absolute atomic E-state index is 0. The fourth-order valence-corrected chi connectivity index (χ4v) is 5.47. The number of amides is 1. The summed E-state index contributed by atoms with van der Waals surface area (Å²) in [5, 5.41) is 5.75. The van der Waals surface area contributed by atoms with Gasteiger partial charge in [0.2, 0.25) is 5.91 Å². The van der Waals surface area contributed by atoms with Gasteiger partial charge in [0.15, 0.2) is 5.96 Å². The first-order valence-electron chi connectivity index (χ1n) is 11.0. The van der Waals surface area contributed by atoms with Gasteiger partial charge in [0, 0.05) is 56.1 Å². The Morgan fingerprint density at radius 1 is 1.29 bits per heavy atom. The summed E-state index contributed by atoms with van der Waals surface area (Å²) >= 11 is 1.83. The van der Waals surface area contributed by atoms with Crippen molar-refractivity contribution in [1.29, 1.82) is 0 Å². The SMILES string of the molecule is CN=C(NCC(C)Cc1cccs1)N1CC(CCN2CCCC2=O)c2ccccc21.I. The Kier molecular flexibility index (Phi) is 8.77. The van der Waals surface area contributed by atoms with Crippen molar-refractivity contribution in [3.05, 3.63) is 52.2 Å². The molecule has 2 aliphatic heterocycles. The van der Waals surface area contributed by atoms with Crippen LogP contribution in [0.1, 0.15) is 42.5 Å². The smallest absolute Gasteiger partial charge is 0.222 e. The summed E-state index contributed by atoms with van der Waals surface area (Å²) in [6.07, 6.45) is 3.82. The van der Waals surface area contributed by atoms with Crippen LogP contribution in [0.5, 0.6) is 0 Å². The first-order valence-corrected chi connectivity index (χ1v) is 11.9. The number of benzene rings is 1. The van der Waals surface area contributed by atoms with E-state index in [1.807, 2.05) is 23.3 Å². The number of hydrogen-bond acceptors (Lipinski definition) is 3. The second-order valence-electron chi connectivity index (χ2n) is 8.46. The molecule has 1 N–H and O–H groups in total. The first kappa shape index (κ1) is 24.0. The van der Waals surface area contributed by atoms with E-state index >= 15 is 0 Å². The van der Waals surface area contributed by atoms with Crippen LogP contribution < -0.4 is 10.2 Å². The molecule has 7 heteroatoms. The highest BCUT2D eigenvalue weighted by Crippen LogP contribution is 2.38. The summed E-state index contributed by atoms with van der Waals surface area (Å²) in [7, 11) is 1.87. The third-order valence-electron chi connectivity index (χ3n) is 6.20. The lowest BCUT2D eigenvalue weighted by atomic mass is 9.98. The maximum atomic E-state index is 12.0. The first-order chi connectivity index (χ1) is 14.7. The summed E-state index contributed by atoms with van der Waals surface area (Å²) < 4.78 is 0. The molecule has 0 saturated carbocycles. The van der Waals surface area contributed by atoms with E-state index in [0.717, 1.165) is 51.4 Å². The molecule has 1 saturated heterocycles. The topological polar surface area (TPSA) is 47.9 Å². The predicted octanol–water partition coefficient (Wildman–Crippen LogP) is 4.74. The molecule has 3 heterocycles. The number of fused-ring (bicyclic) bond motifs is 1. The molecule has 2 unspecified atom stereocenters. The van der Waals surface area contributed by atoms with E-state index in [4.69, 9.17) is 0 Å². The van der Waals surface area contributed by atoms with Crippen molar-refractivity contribution in [3.63, 3.8) is 0 Å². The van der Waals surface area contributed by atoms with E-state index in [0.29, 0.717) is 24.2 Å². The fourth-order valence-electron chi connectivity index (χ4n) is 4.60. The summed E-state index contributed by atoms with van der Waals surface area (Å²) in [5.74, 6) is 2.22. The normalized spacial score (nSPS) is 19.4. The number of likely N-dealkylation sites (tertiary alicyclic amines) is 1. The van der Waals surface area contributed by atoms with Crippen molar-refractivity contribution in [2.75, 3.05) is 38.1 Å². The Labute approximate surface area is 206 Å². The molecule has 168 valence electrons. The highest BCUT2D eigenvalue weighted by atomic mass is 127. The molecular weight excluding hydrogens is 519 g/mol. The van der Waals surface area contributed by atoms with Gasteiger partial charge >= 0.3 is 0 Å². The minimum atomic E-state index is 0. The van der Waals surface area contributed by atoms with Gasteiger partial charge in [0.25, 0.3) is 0 Å². The molecule has 2 aliphatic rings. The van der Waals surface area contributed by atoms with Crippen LogP contribution in [0, 0.1) is 5.92 Å². The Morgan fingerprint density at radius 3 is 2.84 bits per heavy atom. The molecule has 0 bridgehead atoms. The molecule has 0 aliphatic carbocycles. The maximum Gasteiger partial charge on any atom is 0.222 e. The van der Waals surface area contributed by atoms with Crippen molar-refractivity contribution >= 4 is 52.9 Å². The van der Waals surface area contributed by atoms with Gasteiger partial charge < -0.3 is 15.1 Å². The summed E-state index contributed by atoms with van der Waals surface area (Å²) in [6, 6.07) is 13.0. The van der Waals surface area contributed by atoms with Gasteiger partial charge in [-0.3, -0.25) is 9.79 Å². The third-order valence-corrected chi connectivity index (χ3v) is 7.09. The number of carbonyl (C=O) groups is 1. The quantitative estimate of drug-likeness (QED) is 0.307. The van der Waals surface area contributed by atoms with Crippen molar-refractivity contribution < 1.29 is 4.79 Å². The van der Waals surface area contributed by atoms with Gasteiger partial charge in [0.1, 0.15) is 0 Å². The lowest BCUT2D eigenvalue weighted by Gasteiger charge is -2.24. The second kappa shape index (κ2) is 11.3. The van der Waals surface area contributed by atoms with E-state index < -0.39 is 0 Å². The van der Waals surface area contributed by atoms with Crippen LogP contribution in [0.3, 0.4) is 0 Å². The Bertz CT molecular complexity index is 885. The average Bonchev–Trinajstić information content (AvgIpc) is 3.48. The number of guanidine groups is 1. The maximum absolute atomic E-state index is 12.0. The van der Waals surface area contributed by atoms with Crippen LogP contribution in [-0.2, 0) is 11.2 Å². The molecule has 0 radical (unpaired) electrons. The number of rotatable bonds is 7. The number of nitrogens with one attached hydrogen (secondary N) is 1.